The molecule has 1 aromatic heterocycles. The molecule has 5 aliphatic heterocycles. The Labute approximate surface area is 507 Å². The summed E-state index contributed by atoms with van der Waals surface area (Å²) in [4.78, 5) is 10.8. The van der Waals surface area contributed by atoms with Crippen LogP contribution in [-0.4, -0.2) is 23.9 Å². The molecule has 85 heavy (non-hydrogen) atoms. The van der Waals surface area contributed by atoms with Crippen molar-refractivity contribution in [3.05, 3.63) is 167 Å². The van der Waals surface area contributed by atoms with E-state index in [1.165, 1.54) is 111 Å². The van der Waals surface area contributed by atoms with Gasteiger partial charge in [0.25, 0.3) is 0 Å². The minimum absolute atomic E-state index is 0.00907. The summed E-state index contributed by atoms with van der Waals surface area (Å²) in [5, 5.41) is 1.13. The van der Waals surface area contributed by atoms with Crippen molar-refractivity contribution in [1.82, 2.24) is 0 Å². The maximum Gasteiger partial charge on any atom is 0.301 e. The van der Waals surface area contributed by atoms with E-state index >= 15 is 0 Å². The number of ether oxygens (including phenoxy) is 1. The van der Waals surface area contributed by atoms with Gasteiger partial charge in [0.05, 0.1) is 22.4 Å². The van der Waals surface area contributed by atoms with Gasteiger partial charge < -0.3 is 28.8 Å². The quantitative estimate of drug-likeness (QED) is 0.163. The molecule has 3 aliphatic carbocycles. The zero-order valence-electron chi connectivity index (χ0n) is 53.2. The van der Waals surface area contributed by atoms with E-state index in [0.29, 0.717) is 0 Å². The van der Waals surface area contributed by atoms with Crippen molar-refractivity contribution < 1.29 is 9.15 Å². The van der Waals surface area contributed by atoms with Gasteiger partial charge in [0.15, 0.2) is 0 Å². The molecule has 0 saturated heterocycles. The molecule has 434 valence electrons. The lowest BCUT2D eigenvalue weighted by atomic mass is 9.35. The zero-order valence-corrected chi connectivity index (χ0v) is 53.2. The van der Waals surface area contributed by atoms with E-state index in [2.05, 4.69) is 256 Å². The highest BCUT2D eigenvalue weighted by molar-refractivity contribution is 7.00. The second-order valence-corrected chi connectivity index (χ2v) is 31.8. The number of benzene rings is 7. The van der Waals surface area contributed by atoms with Crippen LogP contribution in [0.5, 0.6) is 5.75 Å². The summed E-state index contributed by atoms with van der Waals surface area (Å²) < 4.78 is 15.9. The molecule has 6 heterocycles. The average molecular weight is 1120 g/mol. The minimum atomic E-state index is -0.288. The van der Waals surface area contributed by atoms with Gasteiger partial charge in [-0.3, -0.25) is 0 Å². The molecule has 7 heteroatoms. The van der Waals surface area contributed by atoms with Gasteiger partial charge in [-0.25, -0.2) is 0 Å². The number of para-hydroxylation sites is 2. The number of rotatable bonds is 4. The first-order chi connectivity index (χ1) is 40.4. The Bertz CT molecular complexity index is 4100. The Hall–Kier alpha value is -6.86. The van der Waals surface area contributed by atoms with Gasteiger partial charge in [0.1, 0.15) is 17.4 Å². The molecule has 16 rings (SSSR count). The fraction of sp³-hybridized carbons (Fsp3) is 0.436. The third-order valence-corrected chi connectivity index (χ3v) is 24.2. The lowest BCUT2D eigenvalue weighted by Crippen LogP contribution is -2.61. The van der Waals surface area contributed by atoms with Crippen LogP contribution in [0.25, 0.3) is 11.0 Å². The van der Waals surface area contributed by atoms with Gasteiger partial charge in [-0.15, -0.1) is 0 Å². The normalized spacial score (nSPS) is 27.3. The highest BCUT2D eigenvalue weighted by atomic mass is 16.5. The Kier molecular flexibility index (Phi) is 11.0. The summed E-state index contributed by atoms with van der Waals surface area (Å²) in [6, 6.07) is 55.2. The average Bonchev–Trinajstić information content (AvgIpc) is 1.68. The summed E-state index contributed by atoms with van der Waals surface area (Å²) >= 11 is 0. The van der Waals surface area contributed by atoms with Crippen LogP contribution in [0.1, 0.15) is 195 Å². The van der Waals surface area contributed by atoms with Crippen LogP contribution in [-0.2, 0) is 21.7 Å². The summed E-state index contributed by atoms with van der Waals surface area (Å²) in [6.07, 6.45) is 11.8. The molecule has 8 aliphatic rings. The number of hydrogen-bond acceptors (Lipinski definition) is 6. The first-order valence-corrected chi connectivity index (χ1v) is 32.6. The Balaban J connectivity index is 1.02. The van der Waals surface area contributed by atoms with Gasteiger partial charge in [-0.05, 0) is 163 Å². The fourth-order valence-corrected chi connectivity index (χ4v) is 18.9. The van der Waals surface area contributed by atoms with Crippen molar-refractivity contribution in [2.45, 2.75) is 206 Å². The van der Waals surface area contributed by atoms with Crippen LogP contribution in [0.2, 0.25) is 0 Å². The highest BCUT2D eigenvalue weighted by Gasteiger charge is 2.61. The topological polar surface area (TPSA) is 35.3 Å². The predicted molar refractivity (Wildman–Crippen MR) is 357 cm³/mol. The van der Waals surface area contributed by atoms with Gasteiger partial charge in [0.2, 0.25) is 0 Å². The van der Waals surface area contributed by atoms with E-state index < -0.39 is 0 Å². The van der Waals surface area contributed by atoms with Crippen LogP contribution < -0.4 is 40.9 Å². The van der Waals surface area contributed by atoms with Crippen LogP contribution >= 0.6 is 0 Å². The second-order valence-electron chi connectivity index (χ2n) is 31.8. The molecule has 3 fully saturated rings. The molecule has 0 bridgehead atoms. The van der Waals surface area contributed by atoms with Crippen molar-refractivity contribution in [2.75, 3.05) is 19.6 Å². The van der Waals surface area contributed by atoms with Crippen LogP contribution in [0, 0.1) is 10.8 Å². The molecule has 0 amide bonds. The number of anilines is 10. The Morgan fingerprint density at radius 1 is 0.459 bits per heavy atom. The van der Waals surface area contributed by atoms with Gasteiger partial charge in [-0.1, -0.05) is 175 Å². The van der Waals surface area contributed by atoms with Gasteiger partial charge >= 0.3 is 6.71 Å². The minimum Gasteiger partial charge on any atom is -0.489 e. The Morgan fingerprint density at radius 3 is 1.54 bits per heavy atom. The lowest BCUT2D eigenvalue weighted by Gasteiger charge is -2.51. The van der Waals surface area contributed by atoms with Crippen molar-refractivity contribution in [3.8, 4) is 5.75 Å². The van der Waals surface area contributed by atoms with Crippen molar-refractivity contribution >= 4 is 91.1 Å². The van der Waals surface area contributed by atoms with Crippen molar-refractivity contribution in [2.24, 2.45) is 10.8 Å². The molecule has 8 aromatic rings. The number of furan rings is 1. The first-order valence-electron chi connectivity index (χ1n) is 32.6. The van der Waals surface area contributed by atoms with Crippen LogP contribution in [0.15, 0.2) is 144 Å². The molecule has 6 unspecified atom stereocenters. The molecular formula is C78H87BN4O2. The van der Waals surface area contributed by atoms with Crippen LogP contribution in [0.4, 0.5) is 56.9 Å². The van der Waals surface area contributed by atoms with Gasteiger partial charge in [-0.2, -0.15) is 0 Å². The smallest absolute Gasteiger partial charge is 0.301 e. The van der Waals surface area contributed by atoms with Gasteiger partial charge in [0, 0.05) is 95.8 Å². The maximum atomic E-state index is 7.99. The maximum absolute atomic E-state index is 7.99. The largest absolute Gasteiger partial charge is 0.489 e. The standard InChI is InChI=1S/C78H87BN4O2/c1-71(2,3)48-27-31-50(32-28-48)80-60-38-37-55-64-69(74(9,10)44-43-73(64,7)8)85-68(55)66(60)79-65-61(80)45-53(83-59-26-18-16-24-57(59)76(12)40-20-22-42-78(76,83)14)46-62(65)81(51-33-29-49(30-34-51)72(4,5)6)67-54-36-35-52(47-63(54)84-70(67)79)82-58-25-17-15-23-56(58)75(11)39-19-21-41-77(75,82)13/h15-18,23-38,45-47,64,69H,19-22,39-44H2,1-14H3. The third kappa shape index (κ3) is 7.07. The lowest BCUT2D eigenvalue weighted by molar-refractivity contribution is -0.0173. The molecule has 0 radical (unpaired) electrons. The molecule has 0 N–H and O–H groups in total. The summed E-state index contributed by atoms with van der Waals surface area (Å²) in [5.74, 6) is 1.30. The van der Waals surface area contributed by atoms with E-state index in [0.717, 1.165) is 71.5 Å². The van der Waals surface area contributed by atoms with Crippen molar-refractivity contribution in [1.29, 1.82) is 0 Å². The Morgan fingerprint density at radius 2 is 0.965 bits per heavy atom. The summed E-state index contributed by atoms with van der Waals surface area (Å²) in [5.41, 5.74) is 23.1. The SMILES string of the molecule is CC(C)(C)c1ccc(N2c3cc(N4c5ccccc5C5(C)CCCCC45C)cc4c3B(c3oc5cc(N6c7ccccc7C7(C)CCCCC67C)ccc5c3N4c3ccc(C(C)(C)C)cc3)c3c2ccc2c3OC3C2C(C)(C)CCC3(C)C)cc1. The van der Waals surface area contributed by atoms with E-state index in [-0.39, 0.29) is 62.3 Å². The molecule has 3 saturated carbocycles. The van der Waals surface area contributed by atoms with E-state index in [1.807, 2.05) is 0 Å². The van der Waals surface area contributed by atoms with E-state index in [9.17, 15) is 0 Å². The molecule has 6 atom stereocenters. The molecule has 0 spiro atoms. The first kappa shape index (κ1) is 53.6. The summed E-state index contributed by atoms with van der Waals surface area (Å²) in [7, 11) is 0. The van der Waals surface area contributed by atoms with Crippen molar-refractivity contribution in [3.63, 3.8) is 0 Å². The summed E-state index contributed by atoms with van der Waals surface area (Å²) in [6.45, 7) is 33.8. The molecule has 6 nitrogen and oxygen atoms in total. The monoisotopic (exact) mass is 1120 g/mol. The highest BCUT2D eigenvalue weighted by Crippen LogP contribution is 2.65. The number of fused-ring (bicyclic) bond motifs is 16. The zero-order chi connectivity index (χ0) is 58.9. The fourth-order valence-electron chi connectivity index (χ4n) is 18.9. The predicted octanol–water partition coefficient (Wildman–Crippen LogP) is 19.3. The third-order valence-electron chi connectivity index (χ3n) is 24.2. The molecular weight excluding hydrogens is 1040 g/mol. The van der Waals surface area contributed by atoms with E-state index in [1.54, 1.807) is 0 Å². The number of nitrogens with zero attached hydrogens (tertiary/aromatic N) is 4. The molecule has 7 aromatic carbocycles. The van der Waals surface area contributed by atoms with E-state index in [4.69, 9.17) is 9.15 Å². The van der Waals surface area contributed by atoms with Crippen LogP contribution in [0.3, 0.4) is 0 Å². The second kappa shape index (κ2) is 17.4. The number of hydrogen-bond donors (Lipinski definition) is 0.